The molecular formula is C12H10N2O3. The fourth-order valence-electron chi connectivity index (χ4n) is 1.76. The Morgan fingerprint density at radius 2 is 2.24 bits per heavy atom. The molecule has 1 atom stereocenters. The number of nitrogens with one attached hydrogen (secondary N) is 1. The lowest BCUT2D eigenvalue weighted by atomic mass is 10.1. The van der Waals surface area contributed by atoms with Gasteiger partial charge in [-0.1, -0.05) is 18.2 Å². The summed E-state index contributed by atoms with van der Waals surface area (Å²) in [6.07, 6.45) is 3.21. The van der Waals surface area contributed by atoms with Gasteiger partial charge < -0.3 is 10.1 Å². The number of benzene rings is 1. The number of aliphatic carboxylic acids is 1. The van der Waals surface area contributed by atoms with Gasteiger partial charge in [-0.15, -0.1) is 0 Å². The van der Waals surface area contributed by atoms with Gasteiger partial charge in [0.1, 0.15) is 0 Å². The van der Waals surface area contributed by atoms with Crippen LogP contribution in [-0.4, -0.2) is 28.2 Å². The van der Waals surface area contributed by atoms with Crippen molar-refractivity contribution in [3.8, 4) is 0 Å². The molecule has 86 valence electrons. The first-order valence-corrected chi connectivity index (χ1v) is 5.07. The highest BCUT2D eigenvalue weighted by Crippen LogP contribution is 2.19. The van der Waals surface area contributed by atoms with E-state index in [9.17, 15) is 9.59 Å². The van der Waals surface area contributed by atoms with Crippen LogP contribution in [0.3, 0.4) is 0 Å². The van der Waals surface area contributed by atoms with Crippen molar-refractivity contribution < 1.29 is 14.7 Å². The van der Waals surface area contributed by atoms with Crippen molar-refractivity contribution in [2.24, 2.45) is 4.99 Å². The van der Waals surface area contributed by atoms with E-state index in [0.717, 1.165) is 16.5 Å². The summed E-state index contributed by atoms with van der Waals surface area (Å²) in [5.74, 6) is -1.13. The Morgan fingerprint density at radius 3 is 2.94 bits per heavy atom. The zero-order chi connectivity index (χ0) is 12.3. The first-order chi connectivity index (χ1) is 8.22. The molecule has 0 amide bonds. The third-order valence-corrected chi connectivity index (χ3v) is 2.58. The Labute approximate surface area is 96.8 Å². The minimum atomic E-state index is -1.13. The molecule has 0 spiro atoms. The van der Waals surface area contributed by atoms with Crippen molar-refractivity contribution in [2.75, 3.05) is 0 Å². The fourth-order valence-corrected chi connectivity index (χ4v) is 1.76. The molecule has 2 N–H and O–H groups in total. The number of para-hydroxylation sites is 1. The van der Waals surface area contributed by atoms with E-state index in [-0.39, 0.29) is 6.42 Å². The van der Waals surface area contributed by atoms with E-state index in [1.165, 1.54) is 6.08 Å². The van der Waals surface area contributed by atoms with Crippen LogP contribution < -0.4 is 0 Å². The zero-order valence-corrected chi connectivity index (χ0v) is 8.88. The van der Waals surface area contributed by atoms with Crippen LogP contribution in [0.1, 0.15) is 5.56 Å². The maximum Gasteiger partial charge on any atom is 0.329 e. The number of rotatable bonds is 4. The Hall–Kier alpha value is -2.39. The summed E-state index contributed by atoms with van der Waals surface area (Å²) in [5.41, 5.74) is 1.76. The van der Waals surface area contributed by atoms with Crippen LogP contribution in [0.4, 0.5) is 0 Å². The molecule has 5 nitrogen and oxygen atoms in total. The molecular weight excluding hydrogens is 220 g/mol. The zero-order valence-electron chi connectivity index (χ0n) is 8.88. The Bertz CT molecular complexity index is 595. The van der Waals surface area contributed by atoms with Crippen molar-refractivity contribution in [1.29, 1.82) is 0 Å². The van der Waals surface area contributed by atoms with Crippen LogP contribution in [0.2, 0.25) is 0 Å². The molecule has 17 heavy (non-hydrogen) atoms. The average molecular weight is 230 g/mol. The van der Waals surface area contributed by atoms with Crippen molar-refractivity contribution in [1.82, 2.24) is 4.98 Å². The van der Waals surface area contributed by atoms with Crippen molar-refractivity contribution in [3.63, 3.8) is 0 Å². The number of carboxylic acid groups (broad SMARTS) is 1. The molecule has 1 heterocycles. The quantitative estimate of drug-likeness (QED) is 0.616. The van der Waals surface area contributed by atoms with Gasteiger partial charge >= 0.3 is 5.97 Å². The molecule has 0 bridgehead atoms. The Kier molecular flexibility index (Phi) is 3.03. The van der Waals surface area contributed by atoms with Crippen LogP contribution in [-0.2, 0) is 16.0 Å². The SMILES string of the molecule is O=C=NC(Cc1c[nH]c2ccccc12)C(=O)O. The molecule has 0 saturated carbocycles. The molecule has 1 aromatic heterocycles. The molecule has 2 rings (SSSR count). The fraction of sp³-hybridized carbons (Fsp3) is 0.167. The lowest BCUT2D eigenvalue weighted by Crippen LogP contribution is -2.20. The standard InChI is InChI=1S/C12H10N2O3/c15-7-14-11(12(16)17)5-8-6-13-10-4-2-1-3-9(8)10/h1-4,6,11,13H,5H2,(H,16,17). The number of isocyanates is 1. The predicted molar refractivity (Wildman–Crippen MR) is 61.5 cm³/mol. The monoisotopic (exact) mass is 230 g/mol. The highest BCUT2D eigenvalue weighted by molar-refractivity contribution is 5.84. The first-order valence-electron chi connectivity index (χ1n) is 5.07. The molecule has 5 heteroatoms. The van der Waals surface area contributed by atoms with Gasteiger partial charge in [0.25, 0.3) is 0 Å². The van der Waals surface area contributed by atoms with E-state index in [1.54, 1.807) is 6.20 Å². The number of nitrogens with zero attached hydrogens (tertiary/aromatic N) is 1. The number of carbonyl (C=O) groups is 1. The van der Waals surface area contributed by atoms with Gasteiger partial charge in [-0.25, -0.2) is 9.59 Å². The van der Waals surface area contributed by atoms with E-state index in [0.29, 0.717) is 0 Å². The third kappa shape index (κ3) is 2.24. The molecule has 1 aromatic carbocycles. The van der Waals surface area contributed by atoms with Crippen molar-refractivity contribution in [3.05, 3.63) is 36.0 Å². The number of hydrogen-bond acceptors (Lipinski definition) is 3. The van der Waals surface area contributed by atoms with Crippen LogP contribution in [0, 0.1) is 0 Å². The van der Waals surface area contributed by atoms with Crippen molar-refractivity contribution in [2.45, 2.75) is 12.5 Å². The van der Waals surface area contributed by atoms with Gasteiger partial charge in [-0.2, -0.15) is 4.99 Å². The number of carboxylic acids is 1. The second kappa shape index (κ2) is 4.63. The molecule has 0 saturated heterocycles. The summed E-state index contributed by atoms with van der Waals surface area (Å²) >= 11 is 0. The minimum Gasteiger partial charge on any atom is -0.480 e. The van der Waals surface area contributed by atoms with Crippen LogP contribution in [0.15, 0.2) is 35.5 Å². The highest BCUT2D eigenvalue weighted by Gasteiger charge is 2.18. The van der Waals surface area contributed by atoms with E-state index in [1.807, 2.05) is 24.3 Å². The number of H-pyrrole nitrogens is 1. The molecule has 1 unspecified atom stereocenters. The first kappa shape index (κ1) is 11.1. The Morgan fingerprint density at radius 1 is 1.47 bits per heavy atom. The number of aliphatic imine (C=N–C) groups is 1. The van der Waals surface area contributed by atoms with Crippen LogP contribution in [0.25, 0.3) is 10.9 Å². The summed E-state index contributed by atoms with van der Waals surface area (Å²) in [5, 5.41) is 9.84. The number of fused-ring (bicyclic) bond motifs is 1. The molecule has 0 aliphatic rings. The molecule has 0 radical (unpaired) electrons. The summed E-state index contributed by atoms with van der Waals surface area (Å²) in [4.78, 5) is 27.3. The molecule has 0 fully saturated rings. The third-order valence-electron chi connectivity index (χ3n) is 2.58. The van der Waals surface area contributed by atoms with Gasteiger partial charge in [0.15, 0.2) is 6.04 Å². The van der Waals surface area contributed by atoms with E-state index >= 15 is 0 Å². The number of aromatic amines is 1. The maximum atomic E-state index is 10.9. The van der Waals surface area contributed by atoms with Gasteiger partial charge in [-0.05, 0) is 11.6 Å². The van der Waals surface area contributed by atoms with E-state index < -0.39 is 12.0 Å². The molecule has 2 aromatic rings. The lowest BCUT2D eigenvalue weighted by Gasteiger charge is -2.03. The number of carbonyl (C=O) groups excluding carboxylic acids is 1. The lowest BCUT2D eigenvalue weighted by molar-refractivity contribution is -0.138. The maximum absolute atomic E-state index is 10.9. The summed E-state index contributed by atoms with van der Waals surface area (Å²) in [6, 6.07) is 6.48. The van der Waals surface area contributed by atoms with Gasteiger partial charge in [0.2, 0.25) is 6.08 Å². The second-order valence-corrected chi connectivity index (χ2v) is 3.64. The van der Waals surface area contributed by atoms with Crippen LogP contribution in [0.5, 0.6) is 0 Å². The van der Waals surface area contributed by atoms with E-state index in [2.05, 4.69) is 9.98 Å². The number of hydrogen-bond donors (Lipinski definition) is 2. The predicted octanol–water partition coefficient (Wildman–Crippen LogP) is 1.50. The van der Waals surface area contributed by atoms with Gasteiger partial charge in [-0.3, -0.25) is 0 Å². The highest BCUT2D eigenvalue weighted by atomic mass is 16.4. The summed E-state index contributed by atoms with van der Waals surface area (Å²) in [6.45, 7) is 0. The number of aromatic nitrogens is 1. The van der Waals surface area contributed by atoms with E-state index in [4.69, 9.17) is 5.11 Å². The van der Waals surface area contributed by atoms with Gasteiger partial charge in [0.05, 0.1) is 0 Å². The summed E-state index contributed by atoms with van der Waals surface area (Å²) in [7, 11) is 0. The van der Waals surface area contributed by atoms with Crippen molar-refractivity contribution >= 4 is 23.0 Å². The second-order valence-electron chi connectivity index (χ2n) is 3.64. The molecule has 0 aliphatic carbocycles. The molecule has 0 aliphatic heterocycles. The van der Waals surface area contributed by atoms with Crippen LogP contribution >= 0.6 is 0 Å². The topological polar surface area (TPSA) is 82.5 Å². The normalized spacial score (nSPS) is 12.0. The average Bonchev–Trinajstić information content (AvgIpc) is 2.72. The largest absolute Gasteiger partial charge is 0.480 e. The smallest absolute Gasteiger partial charge is 0.329 e. The summed E-state index contributed by atoms with van der Waals surface area (Å²) < 4.78 is 0. The minimum absolute atomic E-state index is 0.175. The Balaban J connectivity index is 2.34. The van der Waals surface area contributed by atoms with Gasteiger partial charge in [0, 0.05) is 23.5 Å².